The van der Waals surface area contributed by atoms with Gasteiger partial charge in [0.25, 0.3) is 0 Å². The van der Waals surface area contributed by atoms with Crippen molar-refractivity contribution >= 4 is 23.1 Å². The number of Topliss-reactive ketones (excluding diaryl/α,β-unsaturated/α-hetero) is 1. The predicted octanol–water partition coefficient (Wildman–Crippen LogP) is 3.44. The average molecular weight is 407 g/mol. The normalized spacial score (nSPS) is 22.8. The minimum Gasteiger partial charge on any atom is -0.357 e. The first kappa shape index (κ1) is 19.2. The Hall–Kier alpha value is -2.73. The topological polar surface area (TPSA) is 43.9 Å². The summed E-state index contributed by atoms with van der Waals surface area (Å²) in [6.07, 6.45) is 2.30. The zero-order chi connectivity index (χ0) is 20.8. The molecule has 0 aliphatic carbocycles. The van der Waals surface area contributed by atoms with E-state index < -0.39 is 0 Å². The molecule has 156 valence electrons. The third kappa shape index (κ3) is 3.19. The first-order chi connectivity index (χ1) is 14.5. The molecule has 3 aliphatic rings. The molecule has 2 atom stereocenters. The van der Waals surface area contributed by atoms with Crippen molar-refractivity contribution in [1.82, 2.24) is 4.90 Å². The Kier molecular flexibility index (Phi) is 4.82. The lowest BCUT2D eigenvalue weighted by molar-refractivity contribution is -0.117. The van der Waals surface area contributed by atoms with Crippen LogP contribution in [0.25, 0.3) is 0 Å². The van der Waals surface area contributed by atoms with Crippen LogP contribution in [-0.4, -0.2) is 55.9 Å². The van der Waals surface area contributed by atoms with Gasteiger partial charge in [0.15, 0.2) is 5.78 Å². The Labute approximate surface area is 176 Å². The van der Waals surface area contributed by atoms with Crippen molar-refractivity contribution in [3.8, 4) is 0 Å². The van der Waals surface area contributed by atoms with E-state index in [9.17, 15) is 14.0 Å². The number of hydrogen-bond acceptors (Lipinski definition) is 4. The van der Waals surface area contributed by atoms with Crippen molar-refractivity contribution in [3.05, 3.63) is 59.4 Å². The summed E-state index contributed by atoms with van der Waals surface area (Å²) < 4.78 is 13.0. The molecule has 0 radical (unpaired) electrons. The smallest absolute Gasteiger partial charge is 0.246 e. The molecular weight excluding hydrogens is 381 g/mol. The van der Waals surface area contributed by atoms with E-state index in [2.05, 4.69) is 21.9 Å². The number of anilines is 2. The van der Waals surface area contributed by atoms with Gasteiger partial charge in [-0.15, -0.1) is 0 Å². The second kappa shape index (κ2) is 7.51. The zero-order valence-electron chi connectivity index (χ0n) is 17.2. The van der Waals surface area contributed by atoms with E-state index >= 15 is 0 Å². The molecule has 0 N–H and O–H groups in total. The summed E-state index contributed by atoms with van der Waals surface area (Å²) in [5, 5.41) is 0. The molecule has 1 saturated heterocycles. The summed E-state index contributed by atoms with van der Waals surface area (Å²) in [7, 11) is 1.86. The molecule has 6 heteroatoms. The van der Waals surface area contributed by atoms with Crippen molar-refractivity contribution in [2.24, 2.45) is 0 Å². The maximum atomic E-state index is 13.0. The van der Waals surface area contributed by atoms with Gasteiger partial charge < -0.3 is 14.7 Å². The largest absolute Gasteiger partial charge is 0.357 e. The Morgan fingerprint density at radius 1 is 1.17 bits per heavy atom. The Balaban J connectivity index is 1.24. The highest BCUT2D eigenvalue weighted by atomic mass is 19.1. The van der Waals surface area contributed by atoms with Gasteiger partial charge in [-0.05, 0) is 55.3 Å². The second-order valence-electron chi connectivity index (χ2n) is 8.59. The number of halogens is 1. The summed E-state index contributed by atoms with van der Waals surface area (Å²) in [4.78, 5) is 31.4. The fourth-order valence-electron chi connectivity index (χ4n) is 5.31. The number of rotatable bonds is 5. The first-order valence-electron chi connectivity index (χ1n) is 10.7. The predicted molar refractivity (Wildman–Crippen MR) is 115 cm³/mol. The Bertz CT molecular complexity index is 990. The molecule has 1 amide bonds. The molecule has 0 spiro atoms. The maximum Gasteiger partial charge on any atom is 0.246 e. The number of carbonyl (C=O) groups is 2. The van der Waals surface area contributed by atoms with Crippen LogP contribution in [0.3, 0.4) is 0 Å². The van der Waals surface area contributed by atoms with Crippen LogP contribution in [0.15, 0.2) is 42.5 Å². The van der Waals surface area contributed by atoms with Crippen molar-refractivity contribution in [2.45, 2.75) is 31.2 Å². The van der Waals surface area contributed by atoms with Crippen LogP contribution in [0, 0.1) is 5.82 Å². The number of hydrogen-bond donors (Lipinski definition) is 0. The number of likely N-dealkylation sites (tertiary alicyclic amines) is 1. The summed E-state index contributed by atoms with van der Waals surface area (Å²) in [6.45, 7) is 3.29. The van der Waals surface area contributed by atoms with Crippen LogP contribution in [-0.2, 0) is 4.79 Å². The fraction of sp³-hybridized carbons (Fsp3) is 0.417. The Morgan fingerprint density at radius 3 is 2.77 bits per heavy atom. The lowest BCUT2D eigenvalue weighted by Gasteiger charge is -2.40. The van der Waals surface area contributed by atoms with Gasteiger partial charge in [-0.3, -0.25) is 9.59 Å². The molecular formula is C24H26FN3O2. The van der Waals surface area contributed by atoms with Crippen LogP contribution in [0.1, 0.15) is 41.1 Å². The van der Waals surface area contributed by atoms with E-state index in [1.54, 1.807) is 17.0 Å². The SMILES string of the molecule is CN1C(=O)CN2c3c(cccc31)C1CN(CCCC(=O)c3ccc(F)cc3)CCC12. The van der Waals surface area contributed by atoms with Gasteiger partial charge in [0.1, 0.15) is 5.82 Å². The molecule has 5 nitrogen and oxygen atoms in total. The van der Waals surface area contributed by atoms with Crippen LogP contribution >= 0.6 is 0 Å². The van der Waals surface area contributed by atoms with E-state index in [0.717, 1.165) is 38.2 Å². The maximum absolute atomic E-state index is 13.0. The fourth-order valence-corrected chi connectivity index (χ4v) is 5.31. The van der Waals surface area contributed by atoms with E-state index in [4.69, 9.17) is 0 Å². The molecule has 30 heavy (non-hydrogen) atoms. The molecule has 3 heterocycles. The number of benzene rings is 2. The van der Waals surface area contributed by atoms with Gasteiger partial charge in [-0.2, -0.15) is 0 Å². The molecule has 1 fully saturated rings. The third-order valence-corrected chi connectivity index (χ3v) is 6.88. The van der Waals surface area contributed by atoms with Gasteiger partial charge in [0.05, 0.1) is 17.9 Å². The van der Waals surface area contributed by atoms with Crippen molar-refractivity contribution in [2.75, 3.05) is 43.0 Å². The highest BCUT2D eigenvalue weighted by Gasteiger charge is 2.46. The van der Waals surface area contributed by atoms with Gasteiger partial charge >= 0.3 is 0 Å². The van der Waals surface area contributed by atoms with Gasteiger partial charge in [-0.25, -0.2) is 4.39 Å². The Morgan fingerprint density at radius 2 is 1.97 bits per heavy atom. The number of carbonyl (C=O) groups excluding carboxylic acids is 2. The standard InChI is InChI=1S/C24H26FN3O2/c1-26-21-5-2-4-18-19-14-27(13-11-20(19)28(24(18)21)15-23(26)30)12-3-6-22(29)16-7-9-17(25)10-8-16/h2,4-5,7-10,19-20H,3,6,11-15H2,1H3. The molecule has 2 aromatic carbocycles. The van der Waals surface area contributed by atoms with Crippen LogP contribution < -0.4 is 9.80 Å². The highest BCUT2D eigenvalue weighted by molar-refractivity contribution is 6.04. The molecule has 2 unspecified atom stereocenters. The highest BCUT2D eigenvalue weighted by Crippen LogP contribution is 2.50. The molecule has 0 saturated carbocycles. The average Bonchev–Trinajstić information content (AvgIpc) is 3.06. The monoisotopic (exact) mass is 407 g/mol. The minimum atomic E-state index is -0.319. The number of fused-ring (bicyclic) bond motifs is 3. The number of ketones is 1. The van der Waals surface area contributed by atoms with Crippen LogP contribution in [0.5, 0.6) is 0 Å². The van der Waals surface area contributed by atoms with Crippen molar-refractivity contribution in [1.29, 1.82) is 0 Å². The minimum absolute atomic E-state index is 0.0688. The summed E-state index contributed by atoms with van der Waals surface area (Å²) in [5.41, 5.74) is 4.19. The zero-order valence-corrected chi connectivity index (χ0v) is 17.2. The lowest BCUT2D eigenvalue weighted by Crippen LogP contribution is -2.51. The van der Waals surface area contributed by atoms with Crippen molar-refractivity contribution < 1.29 is 14.0 Å². The molecule has 0 bridgehead atoms. The summed E-state index contributed by atoms with van der Waals surface area (Å²) in [5.74, 6) is 0.308. The third-order valence-electron chi connectivity index (χ3n) is 6.88. The number of nitrogens with zero attached hydrogens (tertiary/aromatic N) is 3. The van der Waals surface area contributed by atoms with Gasteiger partial charge in [-0.1, -0.05) is 12.1 Å². The van der Waals surface area contributed by atoms with E-state index in [1.807, 2.05) is 13.1 Å². The van der Waals surface area contributed by atoms with E-state index in [0.29, 0.717) is 30.5 Å². The molecule has 2 aromatic rings. The quantitative estimate of drug-likeness (QED) is 0.713. The number of amides is 1. The van der Waals surface area contributed by atoms with E-state index in [1.165, 1.54) is 23.4 Å². The molecule has 3 aliphatic heterocycles. The molecule has 0 aromatic heterocycles. The van der Waals surface area contributed by atoms with Gasteiger partial charge in [0, 0.05) is 44.1 Å². The summed E-state index contributed by atoms with van der Waals surface area (Å²) in [6, 6.07) is 12.5. The van der Waals surface area contributed by atoms with Crippen LogP contribution in [0.2, 0.25) is 0 Å². The summed E-state index contributed by atoms with van der Waals surface area (Å²) >= 11 is 0. The second-order valence-corrected chi connectivity index (χ2v) is 8.59. The van der Waals surface area contributed by atoms with E-state index in [-0.39, 0.29) is 17.5 Å². The first-order valence-corrected chi connectivity index (χ1v) is 10.7. The van der Waals surface area contributed by atoms with Crippen LogP contribution in [0.4, 0.5) is 15.8 Å². The number of likely N-dealkylation sites (N-methyl/N-ethyl adjacent to an activating group) is 1. The lowest BCUT2D eigenvalue weighted by atomic mass is 9.89. The molecule has 5 rings (SSSR count). The number of piperidine rings is 1. The van der Waals surface area contributed by atoms with Crippen molar-refractivity contribution in [3.63, 3.8) is 0 Å². The number of para-hydroxylation sites is 1. The van der Waals surface area contributed by atoms with Gasteiger partial charge in [0.2, 0.25) is 5.91 Å².